The van der Waals surface area contributed by atoms with Gasteiger partial charge in [0.1, 0.15) is 5.82 Å². The highest BCUT2D eigenvalue weighted by molar-refractivity contribution is 6.31. The maximum Gasteiger partial charge on any atom is 0.333 e. The van der Waals surface area contributed by atoms with Crippen LogP contribution in [-0.2, 0) is 11.3 Å². The summed E-state index contributed by atoms with van der Waals surface area (Å²) in [5.41, 5.74) is 1.73. The number of aromatic nitrogens is 1. The van der Waals surface area contributed by atoms with Gasteiger partial charge < -0.3 is 5.32 Å². The molecular formula is C20H15ClFN3O2. The highest BCUT2D eigenvalue weighted by atomic mass is 35.5. The quantitative estimate of drug-likeness (QED) is 0.736. The second-order valence-corrected chi connectivity index (χ2v) is 6.62. The average molecular weight is 384 g/mol. The predicted molar refractivity (Wildman–Crippen MR) is 100 cm³/mol. The third-order valence-electron chi connectivity index (χ3n) is 4.42. The number of rotatable bonds is 4. The van der Waals surface area contributed by atoms with Crippen LogP contribution in [-0.4, -0.2) is 16.5 Å². The van der Waals surface area contributed by atoms with Gasteiger partial charge in [-0.05, 0) is 48.0 Å². The lowest BCUT2D eigenvalue weighted by Gasteiger charge is -2.23. The van der Waals surface area contributed by atoms with Crippen LogP contribution in [0.5, 0.6) is 0 Å². The second-order valence-electron chi connectivity index (χ2n) is 6.19. The molecular weight excluding hydrogens is 369 g/mol. The van der Waals surface area contributed by atoms with E-state index in [-0.39, 0.29) is 24.3 Å². The Labute approximate surface area is 160 Å². The van der Waals surface area contributed by atoms with E-state index in [4.69, 9.17) is 11.6 Å². The molecule has 0 bridgehead atoms. The molecule has 1 atom stereocenters. The molecule has 27 heavy (non-hydrogen) atoms. The maximum absolute atomic E-state index is 13.3. The van der Waals surface area contributed by atoms with Gasteiger partial charge in [0, 0.05) is 23.5 Å². The minimum absolute atomic E-state index is 0.158. The number of anilines is 1. The first-order valence-electron chi connectivity index (χ1n) is 8.33. The third kappa shape index (κ3) is 3.19. The molecule has 0 saturated carbocycles. The topological polar surface area (TPSA) is 54.3 Å². The molecule has 1 aromatic heterocycles. The van der Waals surface area contributed by atoms with Crippen LogP contribution < -0.4 is 10.2 Å². The van der Waals surface area contributed by atoms with Gasteiger partial charge in [-0.1, -0.05) is 29.8 Å². The number of hydrogen-bond acceptors (Lipinski definition) is 2. The van der Waals surface area contributed by atoms with E-state index >= 15 is 0 Å². The average Bonchev–Trinajstić information content (AvgIpc) is 3.22. The van der Waals surface area contributed by atoms with Crippen molar-refractivity contribution >= 4 is 29.2 Å². The van der Waals surface area contributed by atoms with Gasteiger partial charge in [-0.15, -0.1) is 0 Å². The highest BCUT2D eigenvalue weighted by Gasteiger charge is 2.41. The largest absolute Gasteiger partial charge is 0.350 e. The Morgan fingerprint density at radius 1 is 1.11 bits per heavy atom. The van der Waals surface area contributed by atoms with Crippen molar-refractivity contribution in [1.29, 1.82) is 0 Å². The predicted octanol–water partition coefficient (Wildman–Crippen LogP) is 4.13. The first kappa shape index (κ1) is 17.3. The number of carbonyl (C=O) groups is 2. The van der Waals surface area contributed by atoms with Crippen molar-refractivity contribution in [3.63, 3.8) is 0 Å². The van der Waals surface area contributed by atoms with Crippen LogP contribution in [0.2, 0.25) is 5.02 Å². The van der Waals surface area contributed by atoms with E-state index < -0.39 is 6.04 Å². The molecule has 0 radical (unpaired) electrons. The van der Waals surface area contributed by atoms with Gasteiger partial charge in [-0.3, -0.25) is 14.3 Å². The Morgan fingerprint density at radius 2 is 1.93 bits per heavy atom. The van der Waals surface area contributed by atoms with Crippen LogP contribution in [0.4, 0.5) is 14.9 Å². The molecule has 136 valence electrons. The summed E-state index contributed by atoms with van der Waals surface area (Å²) in [6.07, 6.45) is 1.62. The number of carbonyl (C=O) groups excluding carboxylic acids is 2. The zero-order valence-corrected chi connectivity index (χ0v) is 14.9. The molecule has 1 aliphatic heterocycles. The molecule has 7 heteroatoms. The lowest BCUT2D eigenvalue weighted by atomic mass is 10.1. The number of fused-ring (bicyclic) bond motifs is 1. The van der Waals surface area contributed by atoms with Crippen molar-refractivity contribution in [2.75, 3.05) is 4.90 Å². The molecule has 2 aromatic carbocycles. The first-order chi connectivity index (χ1) is 13.0. The minimum Gasteiger partial charge on any atom is -0.350 e. The van der Waals surface area contributed by atoms with Gasteiger partial charge in [0.05, 0.1) is 5.69 Å². The maximum atomic E-state index is 13.3. The van der Waals surface area contributed by atoms with E-state index in [0.29, 0.717) is 22.0 Å². The van der Waals surface area contributed by atoms with E-state index in [1.807, 2.05) is 0 Å². The summed E-state index contributed by atoms with van der Waals surface area (Å²) < 4.78 is 14.8. The van der Waals surface area contributed by atoms with Crippen LogP contribution in [0.1, 0.15) is 17.3 Å². The summed E-state index contributed by atoms with van der Waals surface area (Å²) in [5.74, 6) is -0.725. The Hall–Kier alpha value is -3.12. The van der Waals surface area contributed by atoms with Crippen molar-refractivity contribution in [2.24, 2.45) is 0 Å². The minimum atomic E-state index is -0.834. The number of benzene rings is 2. The fraction of sp³-hybridized carbons (Fsp3) is 0.100. The van der Waals surface area contributed by atoms with Crippen molar-refractivity contribution in [3.05, 3.63) is 89.0 Å². The fourth-order valence-corrected chi connectivity index (χ4v) is 3.40. The molecule has 5 nitrogen and oxygen atoms in total. The van der Waals surface area contributed by atoms with Gasteiger partial charge in [-0.2, -0.15) is 0 Å². The lowest BCUT2D eigenvalue weighted by molar-refractivity contribution is -0.122. The number of nitrogens with zero attached hydrogens (tertiary/aromatic N) is 2. The fourth-order valence-electron chi connectivity index (χ4n) is 3.22. The smallest absolute Gasteiger partial charge is 0.333 e. The van der Waals surface area contributed by atoms with Crippen molar-refractivity contribution < 1.29 is 14.0 Å². The molecule has 0 saturated heterocycles. The van der Waals surface area contributed by atoms with Crippen LogP contribution in [0.3, 0.4) is 0 Å². The molecule has 0 spiro atoms. The van der Waals surface area contributed by atoms with Crippen LogP contribution in [0, 0.1) is 5.82 Å². The molecule has 1 aliphatic rings. The van der Waals surface area contributed by atoms with E-state index in [1.165, 1.54) is 21.6 Å². The Morgan fingerprint density at radius 3 is 2.70 bits per heavy atom. The highest BCUT2D eigenvalue weighted by Crippen LogP contribution is 2.35. The monoisotopic (exact) mass is 383 g/mol. The molecule has 1 N–H and O–H groups in total. The summed E-state index contributed by atoms with van der Waals surface area (Å²) in [4.78, 5) is 27.2. The lowest BCUT2D eigenvalue weighted by Crippen LogP contribution is -2.39. The number of amides is 2. The Bertz CT molecular complexity index is 1030. The molecule has 0 aliphatic carbocycles. The number of halogens is 2. The second kappa shape index (κ2) is 6.89. The molecule has 1 unspecified atom stereocenters. The summed E-state index contributed by atoms with van der Waals surface area (Å²) in [7, 11) is 0. The first-order valence-corrected chi connectivity index (χ1v) is 8.71. The van der Waals surface area contributed by atoms with Crippen LogP contribution in [0.25, 0.3) is 0 Å². The van der Waals surface area contributed by atoms with E-state index in [1.54, 1.807) is 54.7 Å². The van der Waals surface area contributed by atoms with Crippen molar-refractivity contribution in [3.8, 4) is 0 Å². The molecule has 4 rings (SSSR count). The molecule has 2 heterocycles. The number of nitrogens with one attached hydrogen (secondary N) is 1. The Balaban J connectivity index is 1.63. The van der Waals surface area contributed by atoms with Crippen molar-refractivity contribution in [2.45, 2.75) is 12.6 Å². The van der Waals surface area contributed by atoms with Crippen molar-refractivity contribution in [1.82, 2.24) is 9.88 Å². The zero-order valence-electron chi connectivity index (χ0n) is 14.1. The standard InChI is InChI=1S/C20H15ClFN3O2/c21-14-5-2-7-16(11-14)25-18(17-8-3-9-24(17)20(25)27)19(26)23-12-13-4-1-6-15(22)10-13/h1-11,18H,12H2,(H,23,26). The Kier molecular flexibility index (Phi) is 4.41. The molecule has 0 fully saturated rings. The third-order valence-corrected chi connectivity index (χ3v) is 4.66. The van der Waals surface area contributed by atoms with E-state index in [0.717, 1.165) is 0 Å². The van der Waals surface area contributed by atoms with E-state index in [2.05, 4.69) is 5.32 Å². The zero-order chi connectivity index (χ0) is 19.0. The summed E-state index contributed by atoms with van der Waals surface area (Å²) >= 11 is 6.06. The van der Waals surface area contributed by atoms with Gasteiger partial charge in [-0.25, -0.2) is 9.18 Å². The van der Waals surface area contributed by atoms with Gasteiger partial charge in [0.15, 0.2) is 6.04 Å². The summed E-state index contributed by atoms with van der Waals surface area (Å²) in [5, 5.41) is 3.26. The van der Waals surface area contributed by atoms with Gasteiger partial charge in [0.2, 0.25) is 5.91 Å². The SMILES string of the molecule is O=C(NCc1cccc(F)c1)C1c2cccn2C(=O)N1c1cccc(Cl)c1. The van der Waals surface area contributed by atoms with Gasteiger partial charge >= 0.3 is 6.03 Å². The van der Waals surface area contributed by atoms with E-state index in [9.17, 15) is 14.0 Å². The van der Waals surface area contributed by atoms with Gasteiger partial charge in [0.25, 0.3) is 0 Å². The van der Waals surface area contributed by atoms with Crippen LogP contribution in [0.15, 0.2) is 66.9 Å². The number of hydrogen-bond donors (Lipinski definition) is 1. The molecule has 2 amide bonds. The van der Waals surface area contributed by atoms with Crippen LogP contribution >= 0.6 is 11.6 Å². The normalized spacial score (nSPS) is 15.7. The molecule has 3 aromatic rings. The summed E-state index contributed by atoms with van der Waals surface area (Å²) in [6, 6.07) is 15.1. The summed E-state index contributed by atoms with van der Waals surface area (Å²) in [6.45, 7) is 0.158.